The maximum Gasteiger partial charge on any atom is 0.250 e. The number of hydroxylamine groups is 2. The number of nitrogens with zero attached hydrogens (tertiary/aromatic N) is 2. The first-order chi connectivity index (χ1) is 13.0. The zero-order chi connectivity index (χ0) is 19.4. The summed E-state index contributed by atoms with van der Waals surface area (Å²) in [6.45, 7) is 8.44. The SMILES string of the molecule is Cc1cc(C)c(CC(=O)N(O)C[C@@H](c2ccccc2)N2CCCC2)c(C)c1. The molecule has 1 aliphatic rings. The lowest BCUT2D eigenvalue weighted by Gasteiger charge is -2.31. The van der Waals surface area contributed by atoms with Crippen LogP contribution in [0.2, 0.25) is 0 Å². The maximum atomic E-state index is 12.7. The highest BCUT2D eigenvalue weighted by molar-refractivity contribution is 5.78. The van der Waals surface area contributed by atoms with Crippen LogP contribution in [-0.4, -0.2) is 40.7 Å². The topological polar surface area (TPSA) is 43.8 Å². The minimum absolute atomic E-state index is 0.0304. The van der Waals surface area contributed by atoms with Gasteiger partial charge < -0.3 is 0 Å². The van der Waals surface area contributed by atoms with Crippen molar-refractivity contribution < 1.29 is 10.0 Å². The van der Waals surface area contributed by atoms with Gasteiger partial charge >= 0.3 is 0 Å². The van der Waals surface area contributed by atoms with E-state index < -0.39 is 0 Å². The standard InChI is InChI=1S/C23H30N2O2/c1-17-13-18(2)21(19(3)14-17)15-23(26)25(27)16-22(24-11-7-8-12-24)20-9-5-4-6-10-20/h4-6,9-10,13-14,22,27H,7-8,11-12,15-16H2,1-3H3/t22-/m0/s1. The molecule has 0 aromatic heterocycles. The number of carbonyl (C=O) groups is 1. The molecular formula is C23H30N2O2. The predicted molar refractivity (Wildman–Crippen MR) is 108 cm³/mol. The van der Waals surface area contributed by atoms with Crippen molar-refractivity contribution >= 4 is 5.91 Å². The van der Waals surface area contributed by atoms with Gasteiger partial charge in [0.05, 0.1) is 19.0 Å². The molecule has 4 heteroatoms. The molecule has 0 saturated carbocycles. The maximum absolute atomic E-state index is 12.7. The normalized spacial score (nSPS) is 15.7. The van der Waals surface area contributed by atoms with Gasteiger partial charge in [0.25, 0.3) is 0 Å². The second-order valence-electron chi connectivity index (χ2n) is 7.70. The van der Waals surface area contributed by atoms with E-state index in [9.17, 15) is 10.0 Å². The molecule has 0 bridgehead atoms. The summed E-state index contributed by atoms with van der Waals surface area (Å²) in [7, 11) is 0. The van der Waals surface area contributed by atoms with Gasteiger partial charge in [0.2, 0.25) is 5.91 Å². The Morgan fingerprint density at radius 2 is 1.67 bits per heavy atom. The number of hydrogen-bond donors (Lipinski definition) is 1. The highest BCUT2D eigenvalue weighted by Gasteiger charge is 2.27. The number of aryl methyl sites for hydroxylation is 3. The van der Waals surface area contributed by atoms with Crippen molar-refractivity contribution in [3.8, 4) is 0 Å². The van der Waals surface area contributed by atoms with Crippen LogP contribution in [0.4, 0.5) is 0 Å². The molecule has 2 aromatic carbocycles. The van der Waals surface area contributed by atoms with Crippen LogP contribution in [0.5, 0.6) is 0 Å². The number of likely N-dealkylation sites (tertiary alicyclic amines) is 1. The van der Waals surface area contributed by atoms with Gasteiger partial charge in [-0.3, -0.25) is 14.9 Å². The Bertz CT molecular complexity index is 759. The van der Waals surface area contributed by atoms with Crippen molar-refractivity contribution in [3.63, 3.8) is 0 Å². The molecule has 3 rings (SSSR count). The highest BCUT2D eigenvalue weighted by atomic mass is 16.5. The van der Waals surface area contributed by atoms with Gasteiger partial charge in [-0.15, -0.1) is 0 Å². The zero-order valence-corrected chi connectivity index (χ0v) is 16.6. The van der Waals surface area contributed by atoms with Crippen LogP contribution in [0, 0.1) is 20.8 Å². The number of amides is 1. The first-order valence-corrected chi connectivity index (χ1v) is 9.80. The van der Waals surface area contributed by atoms with E-state index >= 15 is 0 Å². The Morgan fingerprint density at radius 3 is 2.26 bits per heavy atom. The molecule has 2 aromatic rings. The first-order valence-electron chi connectivity index (χ1n) is 9.80. The lowest BCUT2D eigenvalue weighted by molar-refractivity contribution is -0.167. The monoisotopic (exact) mass is 366 g/mol. The molecule has 144 valence electrons. The van der Waals surface area contributed by atoms with E-state index in [0.29, 0.717) is 6.54 Å². The second kappa shape index (κ2) is 8.68. The number of hydrogen-bond acceptors (Lipinski definition) is 3. The fourth-order valence-electron chi connectivity index (χ4n) is 4.16. The third-order valence-corrected chi connectivity index (χ3v) is 5.57. The van der Waals surface area contributed by atoms with Gasteiger partial charge in [-0.2, -0.15) is 0 Å². The Kier molecular flexibility index (Phi) is 6.30. The van der Waals surface area contributed by atoms with Gasteiger partial charge in [0, 0.05) is 0 Å². The van der Waals surface area contributed by atoms with Crippen LogP contribution in [0.1, 0.15) is 46.7 Å². The average Bonchev–Trinajstić information content (AvgIpc) is 3.17. The molecule has 1 N–H and O–H groups in total. The van der Waals surface area contributed by atoms with E-state index in [4.69, 9.17) is 0 Å². The number of benzene rings is 2. The third kappa shape index (κ3) is 4.76. The van der Waals surface area contributed by atoms with E-state index in [1.807, 2.05) is 32.0 Å². The Morgan fingerprint density at radius 1 is 1.07 bits per heavy atom. The van der Waals surface area contributed by atoms with Crippen LogP contribution >= 0.6 is 0 Å². The molecule has 1 atom stereocenters. The van der Waals surface area contributed by atoms with Gasteiger partial charge in [-0.25, -0.2) is 5.06 Å². The molecule has 1 aliphatic heterocycles. The van der Waals surface area contributed by atoms with E-state index in [1.54, 1.807) is 0 Å². The molecule has 1 fully saturated rings. The molecule has 1 saturated heterocycles. The van der Waals surface area contributed by atoms with Crippen molar-refractivity contribution in [3.05, 3.63) is 70.3 Å². The molecule has 1 amide bonds. The molecule has 1 heterocycles. The van der Waals surface area contributed by atoms with Crippen molar-refractivity contribution in [2.24, 2.45) is 0 Å². The number of carbonyl (C=O) groups excluding carboxylic acids is 1. The lowest BCUT2D eigenvalue weighted by Crippen LogP contribution is -2.39. The fourth-order valence-corrected chi connectivity index (χ4v) is 4.16. The Labute approximate surface area is 162 Å². The molecule has 0 unspecified atom stereocenters. The first kappa shape index (κ1) is 19.6. The summed E-state index contributed by atoms with van der Waals surface area (Å²) in [6, 6.07) is 14.4. The summed E-state index contributed by atoms with van der Waals surface area (Å²) >= 11 is 0. The second-order valence-corrected chi connectivity index (χ2v) is 7.70. The van der Waals surface area contributed by atoms with Crippen molar-refractivity contribution in [1.29, 1.82) is 0 Å². The summed E-state index contributed by atoms with van der Waals surface area (Å²) < 4.78 is 0. The van der Waals surface area contributed by atoms with E-state index in [0.717, 1.165) is 40.4 Å². The van der Waals surface area contributed by atoms with Gasteiger partial charge in [-0.1, -0.05) is 48.0 Å². The molecular weight excluding hydrogens is 336 g/mol. The Balaban J connectivity index is 1.73. The van der Waals surface area contributed by atoms with Crippen molar-refractivity contribution in [2.45, 2.75) is 46.1 Å². The number of rotatable bonds is 6. The summed E-state index contributed by atoms with van der Waals surface area (Å²) in [4.78, 5) is 15.1. The predicted octanol–water partition coefficient (Wildman–Crippen LogP) is 4.21. The molecule has 0 aliphatic carbocycles. The van der Waals surface area contributed by atoms with Crippen LogP contribution in [0.15, 0.2) is 42.5 Å². The molecule has 0 radical (unpaired) electrons. The summed E-state index contributed by atoms with van der Waals surface area (Å²) in [5.41, 5.74) is 5.57. The summed E-state index contributed by atoms with van der Waals surface area (Å²) in [5, 5.41) is 11.5. The smallest absolute Gasteiger partial charge is 0.250 e. The van der Waals surface area contributed by atoms with Crippen LogP contribution in [0.25, 0.3) is 0 Å². The molecule has 27 heavy (non-hydrogen) atoms. The van der Waals surface area contributed by atoms with Crippen LogP contribution in [-0.2, 0) is 11.2 Å². The zero-order valence-electron chi connectivity index (χ0n) is 16.6. The van der Waals surface area contributed by atoms with Crippen molar-refractivity contribution in [1.82, 2.24) is 9.96 Å². The lowest BCUT2D eigenvalue weighted by atomic mass is 9.97. The fraction of sp³-hybridized carbons (Fsp3) is 0.435. The van der Waals surface area contributed by atoms with Gasteiger partial charge in [0.15, 0.2) is 0 Å². The third-order valence-electron chi connectivity index (χ3n) is 5.57. The minimum atomic E-state index is -0.245. The van der Waals surface area contributed by atoms with Gasteiger partial charge in [0.1, 0.15) is 0 Å². The Hall–Kier alpha value is -2.17. The highest BCUT2D eigenvalue weighted by Crippen LogP contribution is 2.26. The molecule has 4 nitrogen and oxygen atoms in total. The van der Waals surface area contributed by atoms with Crippen LogP contribution < -0.4 is 0 Å². The van der Waals surface area contributed by atoms with E-state index in [-0.39, 0.29) is 18.4 Å². The summed E-state index contributed by atoms with van der Waals surface area (Å²) in [6.07, 6.45) is 2.57. The molecule has 0 spiro atoms. The van der Waals surface area contributed by atoms with Gasteiger partial charge in [-0.05, 0) is 69.0 Å². The summed E-state index contributed by atoms with van der Waals surface area (Å²) in [5.74, 6) is -0.245. The van der Waals surface area contributed by atoms with Crippen LogP contribution in [0.3, 0.4) is 0 Å². The quantitative estimate of drug-likeness (QED) is 0.615. The average molecular weight is 367 g/mol. The minimum Gasteiger partial charge on any atom is -0.294 e. The van der Waals surface area contributed by atoms with E-state index in [2.05, 4.69) is 36.1 Å². The largest absolute Gasteiger partial charge is 0.294 e. The van der Waals surface area contributed by atoms with Crippen molar-refractivity contribution in [2.75, 3.05) is 19.6 Å². The van der Waals surface area contributed by atoms with E-state index in [1.165, 1.54) is 18.4 Å².